The average Bonchev–Trinajstić information content (AvgIpc) is 2.67. The van der Waals surface area contributed by atoms with Crippen LogP contribution in [-0.2, 0) is 14.8 Å². The van der Waals surface area contributed by atoms with E-state index in [-0.39, 0.29) is 17.6 Å². The van der Waals surface area contributed by atoms with Crippen LogP contribution in [0, 0.1) is 0 Å². The standard InChI is InChI=1S/C9H15BrF3NO3S/c10-3-4-14(7-9(11,12)13)18(15,16)6-8-2-1-5-17-8/h8H,1-7H2. The zero-order chi connectivity index (χ0) is 13.8. The summed E-state index contributed by atoms with van der Waals surface area (Å²) in [4.78, 5) is 0. The fourth-order valence-electron chi connectivity index (χ4n) is 1.73. The number of alkyl halides is 4. The molecule has 1 atom stereocenters. The number of nitrogens with zero attached hydrogens (tertiary/aromatic N) is 1. The SMILES string of the molecule is O=S(=O)(CC1CCCO1)N(CCBr)CC(F)(F)F. The molecule has 9 heteroatoms. The molecular formula is C9H15BrF3NO3S. The van der Waals surface area contributed by atoms with Gasteiger partial charge < -0.3 is 4.74 Å². The Kier molecular flexibility index (Phi) is 5.88. The predicted molar refractivity (Wildman–Crippen MR) is 64.2 cm³/mol. The van der Waals surface area contributed by atoms with Gasteiger partial charge >= 0.3 is 6.18 Å². The van der Waals surface area contributed by atoms with Crippen LogP contribution in [-0.4, -0.2) is 55.8 Å². The summed E-state index contributed by atoms with van der Waals surface area (Å²) < 4.78 is 66.3. The van der Waals surface area contributed by atoms with Crippen molar-refractivity contribution in [3.63, 3.8) is 0 Å². The van der Waals surface area contributed by atoms with Gasteiger partial charge in [0.05, 0.1) is 11.9 Å². The van der Waals surface area contributed by atoms with Crippen LogP contribution in [0.1, 0.15) is 12.8 Å². The second kappa shape index (κ2) is 6.53. The number of ether oxygens (including phenoxy) is 1. The van der Waals surface area contributed by atoms with E-state index in [1.807, 2.05) is 0 Å². The van der Waals surface area contributed by atoms with Crippen molar-refractivity contribution in [3.8, 4) is 0 Å². The molecule has 0 aliphatic carbocycles. The monoisotopic (exact) mass is 353 g/mol. The molecule has 0 N–H and O–H groups in total. The number of rotatable bonds is 6. The average molecular weight is 354 g/mol. The molecule has 0 spiro atoms. The molecule has 0 aromatic rings. The summed E-state index contributed by atoms with van der Waals surface area (Å²) in [6.07, 6.45) is -3.70. The van der Waals surface area contributed by atoms with Crippen molar-refractivity contribution in [1.29, 1.82) is 0 Å². The highest BCUT2D eigenvalue weighted by Gasteiger charge is 2.37. The molecule has 1 aliphatic heterocycles. The van der Waals surface area contributed by atoms with Crippen molar-refractivity contribution >= 4 is 26.0 Å². The molecule has 108 valence electrons. The molecule has 1 heterocycles. The summed E-state index contributed by atoms with van der Waals surface area (Å²) >= 11 is 2.96. The molecule has 0 aromatic heterocycles. The summed E-state index contributed by atoms with van der Waals surface area (Å²) in [5.74, 6) is -0.379. The first kappa shape index (κ1) is 16.2. The minimum absolute atomic E-state index is 0.161. The Hall–Kier alpha value is 0.140. The Morgan fingerprint density at radius 3 is 2.50 bits per heavy atom. The van der Waals surface area contributed by atoms with Gasteiger partial charge in [0.1, 0.15) is 6.54 Å². The van der Waals surface area contributed by atoms with Gasteiger partial charge in [0.2, 0.25) is 10.0 Å². The van der Waals surface area contributed by atoms with Crippen LogP contribution in [0.25, 0.3) is 0 Å². The second-order valence-corrected chi connectivity index (χ2v) is 6.86. The van der Waals surface area contributed by atoms with Crippen LogP contribution in [0.5, 0.6) is 0 Å². The van der Waals surface area contributed by atoms with Gasteiger partial charge in [-0.05, 0) is 12.8 Å². The fourth-order valence-corrected chi connectivity index (χ4v) is 4.05. The summed E-state index contributed by atoms with van der Waals surface area (Å²) in [5, 5.41) is 0.161. The van der Waals surface area contributed by atoms with Crippen LogP contribution < -0.4 is 0 Å². The molecule has 1 saturated heterocycles. The molecule has 0 aromatic carbocycles. The van der Waals surface area contributed by atoms with E-state index in [1.165, 1.54) is 0 Å². The van der Waals surface area contributed by atoms with E-state index in [1.54, 1.807) is 0 Å². The second-order valence-electron chi connectivity index (χ2n) is 4.05. The van der Waals surface area contributed by atoms with Crippen molar-refractivity contribution < 1.29 is 26.3 Å². The first-order valence-electron chi connectivity index (χ1n) is 5.47. The normalized spacial score (nSPS) is 21.7. The lowest BCUT2D eigenvalue weighted by atomic mass is 10.3. The Bertz CT molecular complexity index is 355. The first-order valence-corrected chi connectivity index (χ1v) is 8.20. The van der Waals surface area contributed by atoms with Crippen molar-refractivity contribution in [2.24, 2.45) is 0 Å². The van der Waals surface area contributed by atoms with Crippen LogP contribution in [0.15, 0.2) is 0 Å². The van der Waals surface area contributed by atoms with Crippen molar-refractivity contribution in [1.82, 2.24) is 4.31 Å². The Morgan fingerprint density at radius 1 is 1.39 bits per heavy atom. The third-order valence-electron chi connectivity index (χ3n) is 2.50. The van der Waals surface area contributed by atoms with E-state index in [9.17, 15) is 21.6 Å². The maximum atomic E-state index is 12.3. The molecular weight excluding hydrogens is 339 g/mol. The molecule has 0 bridgehead atoms. The van der Waals surface area contributed by atoms with Crippen LogP contribution in [0.4, 0.5) is 13.2 Å². The molecule has 4 nitrogen and oxygen atoms in total. The van der Waals surface area contributed by atoms with Gasteiger partial charge in [-0.2, -0.15) is 17.5 Å². The first-order chi connectivity index (χ1) is 8.24. The van der Waals surface area contributed by atoms with Gasteiger partial charge in [-0.15, -0.1) is 0 Å². The highest BCUT2D eigenvalue weighted by atomic mass is 79.9. The maximum absolute atomic E-state index is 12.3. The highest BCUT2D eigenvalue weighted by molar-refractivity contribution is 9.09. The lowest BCUT2D eigenvalue weighted by Gasteiger charge is -2.23. The summed E-state index contributed by atoms with van der Waals surface area (Å²) in [7, 11) is -3.94. The molecule has 1 fully saturated rings. The summed E-state index contributed by atoms with van der Waals surface area (Å²) in [6.45, 7) is -1.18. The van der Waals surface area contributed by atoms with Crippen molar-refractivity contribution in [3.05, 3.63) is 0 Å². The quantitative estimate of drug-likeness (QED) is 0.683. The molecule has 0 radical (unpaired) electrons. The number of hydrogen-bond donors (Lipinski definition) is 0. The van der Waals surface area contributed by atoms with E-state index in [0.717, 1.165) is 6.42 Å². The van der Waals surface area contributed by atoms with Gasteiger partial charge in [0.25, 0.3) is 0 Å². The fraction of sp³-hybridized carbons (Fsp3) is 1.00. The maximum Gasteiger partial charge on any atom is 0.402 e. The number of hydrogen-bond acceptors (Lipinski definition) is 3. The van der Waals surface area contributed by atoms with Gasteiger partial charge in [-0.1, -0.05) is 15.9 Å². The molecule has 0 saturated carbocycles. The van der Waals surface area contributed by atoms with E-state index in [0.29, 0.717) is 17.3 Å². The lowest BCUT2D eigenvalue weighted by molar-refractivity contribution is -0.135. The predicted octanol–water partition coefficient (Wildman–Crippen LogP) is 1.75. The summed E-state index contributed by atoms with van der Waals surface area (Å²) in [5.41, 5.74) is 0. The van der Waals surface area contributed by atoms with E-state index < -0.39 is 28.8 Å². The van der Waals surface area contributed by atoms with Crippen LogP contribution in [0.2, 0.25) is 0 Å². The highest BCUT2D eigenvalue weighted by Crippen LogP contribution is 2.21. The van der Waals surface area contributed by atoms with Crippen LogP contribution >= 0.6 is 15.9 Å². The zero-order valence-electron chi connectivity index (χ0n) is 9.62. The van der Waals surface area contributed by atoms with Crippen molar-refractivity contribution in [2.75, 3.05) is 30.8 Å². The number of sulfonamides is 1. The minimum Gasteiger partial charge on any atom is -0.377 e. The molecule has 1 rings (SSSR count). The third kappa shape index (κ3) is 5.41. The number of halogens is 4. The molecule has 1 aliphatic rings. The van der Waals surface area contributed by atoms with Gasteiger partial charge in [-0.25, -0.2) is 8.42 Å². The molecule has 0 amide bonds. The topological polar surface area (TPSA) is 46.6 Å². The third-order valence-corrected chi connectivity index (χ3v) is 4.75. The largest absolute Gasteiger partial charge is 0.402 e. The Balaban J connectivity index is 2.69. The van der Waals surface area contributed by atoms with E-state index >= 15 is 0 Å². The van der Waals surface area contributed by atoms with E-state index in [4.69, 9.17) is 4.74 Å². The molecule has 1 unspecified atom stereocenters. The Labute approximate surface area is 113 Å². The lowest BCUT2D eigenvalue weighted by Crippen LogP contribution is -2.43. The van der Waals surface area contributed by atoms with E-state index in [2.05, 4.69) is 15.9 Å². The van der Waals surface area contributed by atoms with Crippen LogP contribution in [0.3, 0.4) is 0 Å². The summed E-state index contributed by atoms with van der Waals surface area (Å²) in [6, 6.07) is 0. The van der Waals surface area contributed by atoms with Crippen molar-refractivity contribution in [2.45, 2.75) is 25.1 Å². The van der Waals surface area contributed by atoms with Gasteiger partial charge in [0, 0.05) is 18.5 Å². The smallest absolute Gasteiger partial charge is 0.377 e. The van der Waals surface area contributed by atoms with Gasteiger partial charge in [0.15, 0.2) is 0 Å². The zero-order valence-corrected chi connectivity index (χ0v) is 12.0. The van der Waals surface area contributed by atoms with Gasteiger partial charge in [-0.3, -0.25) is 0 Å². The minimum atomic E-state index is -4.54. The Morgan fingerprint density at radius 2 is 2.06 bits per heavy atom. The molecule has 18 heavy (non-hydrogen) atoms.